The largest absolute Gasteiger partial charge is 0.480 e. The van der Waals surface area contributed by atoms with E-state index in [0.29, 0.717) is 0 Å². The molecule has 16 heavy (non-hydrogen) atoms. The summed E-state index contributed by atoms with van der Waals surface area (Å²) in [7, 11) is 0. The Hall–Kier alpha value is -0.390. The molecule has 1 aliphatic carbocycles. The molecule has 0 atom stereocenters. The monoisotopic (exact) mass is 303 g/mol. The van der Waals surface area contributed by atoms with Crippen molar-refractivity contribution in [3.63, 3.8) is 0 Å². The highest BCUT2D eigenvalue weighted by molar-refractivity contribution is 9.10. The predicted molar refractivity (Wildman–Crippen MR) is 67.7 cm³/mol. The van der Waals surface area contributed by atoms with E-state index in [2.05, 4.69) is 15.9 Å². The lowest BCUT2D eigenvalue weighted by Crippen LogP contribution is -2.31. The molecule has 88 valence electrons. The zero-order valence-electron chi connectivity index (χ0n) is 8.86. The summed E-state index contributed by atoms with van der Waals surface area (Å²) in [6.07, 6.45) is 2.50. The van der Waals surface area contributed by atoms with Gasteiger partial charge in [0.25, 0.3) is 0 Å². The van der Waals surface area contributed by atoms with Gasteiger partial charge in [-0.1, -0.05) is 0 Å². The first kappa shape index (κ1) is 12.1. The first-order chi connectivity index (χ1) is 7.65. The fraction of sp³-hybridized carbons (Fsp3) is 0.545. The van der Waals surface area contributed by atoms with Crippen molar-refractivity contribution >= 4 is 33.2 Å². The SMILES string of the molecule is O=C(O)CN(Cc1sccc1Br)CC1CC1. The van der Waals surface area contributed by atoms with Gasteiger partial charge in [0.15, 0.2) is 0 Å². The number of hydrogen-bond donors (Lipinski definition) is 1. The highest BCUT2D eigenvalue weighted by Gasteiger charge is 2.25. The molecule has 1 aromatic rings. The Morgan fingerprint density at radius 3 is 2.88 bits per heavy atom. The van der Waals surface area contributed by atoms with E-state index in [4.69, 9.17) is 5.11 Å². The molecule has 1 N–H and O–H groups in total. The minimum Gasteiger partial charge on any atom is -0.480 e. The molecule has 0 aromatic carbocycles. The first-order valence-corrected chi connectivity index (χ1v) is 6.98. The molecule has 0 amide bonds. The van der Waals surface area contributed by atoms with Gasteiger partial charge in [0.2, 0.25) is 0 Å². The van der Waals surface area contributed by atoms with Crippen LogP contribution in [0, 0.1) is 5.92 Å². The minimum atomic E-state index is -0.742. The quantitative estimate of drug-likeness (QED) is 0.878. The Kier molecular flexibility index (Phi) is 4.00. The van der Waals surface area contributed by atoms with E-state index in [9.17, 15) is 4.79 Å². The maximum atomic E-state index is 10.8. The van der Waals surface area contributed by atoms with E-state index in [1.807, 2.05) is 16.3 Å². The van der Waals surface area contributed by atoms with Crippen molar-refractivity contribution in [2.75, 3.05) is 13.1 Å². The smallest absolute Gasteiger partial charge is 0.317 e. The molecule has 0 radical (unpaired) electrons. The molecular weight excluding hydrogens is 290 g/mol. The maximum absolute atomic E-state index is 10.8. The third kappa shape index (κ3) is 3.57. The van der Waals surface area contributed by atoms with Crippen LogP contribution in [0.25, 0.3) is 0 Å². The second-order valence-corrected chi connectivity index (χ2v) is 6.05. The summed E-state index contributed by atoms with van der Waals surface area (Å²) < 4.78 is 1.09. The number of rotatable bonds is 6. The van der Waals surface area contributed by atoms with E-state index in [-0.39, 0.29) is 6.54 Å². The standard InChI is InChI=1S/C11H14BrNO2S/c12-9-3-4-16-10(9)6-13(7-11(14)15)5-8-1-2-8/h3-4,8H,1-2,5-7H2,(H,14,15). The van der Waals surface area contributed by atoms with E-state index in [0.717, 1.165) is 23.5 Å². The number of carboxylic acids is 1. The van der Waals surface area contributed by atoms with Crippen LogP contribution >= 0.6 is 27.3 Å². The number of aliphatic carboxylic acids is 1. The molecule has 1 fully saturated rings. The zero-order chi connectivity index (χ0) is 11.5. The number of nitrogens with zero attached hydrogens (tertiary/aromatic N) is 1. The van der Waals surface area contributed by atoms with Crippen LogP contribution in [-0.4, -0.2) is 29.1 Å². The topological polar surface area (TPSA) is 40.5 Å². The average molecular weight is 304 g/mol. The number of carboxylic acid groups (broad SMARTS) is 1. The molecule has 0 saturated heterocycles. The summed E-state index contributed by atoms with van der Waals surface area (Å²) in [6, 6.07) is 2.01. The Bertz CT molecular complexity index is 376. The fourth-order valence-electron chi connectivity index (χ4n) is 1.68. The van der Waals surface area contributed by atoms with E-state index < -0.39 is 5.97 Å². The van der Waals surface area contributed by atoms with Gasteiger partial charge in [0.05, 0.1) is 6.54 Å². The van der Waals surface area contributed by atoms with Crippen LogP contribution in [0.2, 0.25) is 0 Å². The molecular formula is C11H14BrNO2S. The number of thiophene rings is 1. The van der Waals surface area contributed by atoms with Crippen molar-refractivity contribution in [2.24, 2.45) is 5.92 Å². The van der Waals surface area contributed by atoms with Gasteiger partial charge < -0.3 is 5.11 Å². The molecule has 1 heterocycles. The molecule has 1 aliphatic rings. The van der Waals surface area contributed by atoms with Gasteiger partial charge in [-0.25, -0.2) is 0 Å². The van der Waals surface area contributed by atoms with E-state index in [1.165, 1.54) is 17.7 Å². The predicted octanol–water partition coefficient (Wildman–Crippen LogP) is 2.81. The molecule has 0 spiro atoms. The van der Waals surface area contributed by atoms with Gasteiger partial charge in [-0.15, -0.1) is 11.3 Å². The van der Waals surface area contributed by atoms with E-state index >= 15 is 0 Å². The van der Waals surface area contributed by atoms with E-state index in [1.54, 1.807) is 11.3 Å². The van der Waals surface area contributed by atoms with Gasteiger partial charge in [-0.3, -0.25) is 9.69 Å². The second kappa shape index (κ2) is 5.29. The van der Waals surface area contributed by atoms with Crippen LogP contribution in [0.15, 0.2) is 15.9 Å². The van der Waals surface area contributed by atoms with Gasteiger partial charge in [-0.2, -0.15) is 0 Å². The lowest BCUT2D eigenvalue weighted by atomic mass is 10.3. The Morgan fingerprint density at radius 2 is 2.38 bits per heavy atom. The number of hydrogen-bond acceptors (Lipinski definition) is 3. The van der Waals surface area contributed by atoms with Gasteiger partial charge in [0.1, 0.15) is 0 Å². The Morgan fingerprint density at radius 1 is 1.62 bits per heavy atom. The third-order valence-electron chi connectivity index (χ3n) is 2.63. The Labute approximate surface area is 107 Å². The van der Waals surface area contributed by atoms with Crippen LogP contribution in [-0.2, 0) is 11.3 Å². The summed E-state index contributed by atoms with van der Waals surface area (Å²) in [5, 5.41) is 10.9. The molecule has 2 rings (SSSR count). The van der Waals surface area contributed by atoms with Crippen LogP contribution in [0.4, 0.5) is 0 Å². The van der Waals surface area contributed by atoms with Crippen LogP contribution in [0.5, 0.6) is 0 Å². The molecule has 3 nitrogen and oxygen atoms in total. The summed E-state index contributed by atoms with van der Waals surface area (Å²) >= 11 is 5.15. The van der Waals surface area contributed by atoms with Gasteiger partial charge >= 0.3 is 5.97 Å². The molecule has 1 saturated carbocycles. The summed E-state index contributed by atoms with van der Waals surface area (Å²) in [5.74, 6) is -0.0218. The summed E-state index contributed by atoms with van der Waals surface area (Å²) in [4.78, 5) is 14.0. The lowest BCUT2D eigenvalue weighted by molar-refractivity contribution is -0.138. The van der Waals surface area contributed by atoms with Crippen molar-refractivity contribution in [3.05, 3.63) is 20.8 Å². The number of halogens is 1. The molecule has 0 unspecified atom stereocenters. The van der Waals surface area contributed by atoms with Crippen molar-refractivity contribution < 1.29 is 9.90 Å². The van der Waals surface area contributed by atoms with Crippen LogP contribution in [0.3, 0.4) is 0 Å². The second-order valence-electron chi connectivity index (χ2n) is 4.20. The summed E-state index contributed by atoms with van der Waals surface area (Å²) in [6.45, 7) is 1.79. The number of carbonyl (C=O) groups is 1. The van der Waals surface area contributed by atoms with Crippen LogP contribution < -0.4 is 0 Å². The molecule has 1 aromatic heterocycles. The minimum absolute atomic E-state index is 0.140. The Balaban J connectivity index is 1.94. The molecule has 0 bridgehead atoms. The normalized spacial score (nSPS) is 15.6. The van der Waals surface area contributed by atoms with Gasteiger partial charge in [0, 0.05) is 22.4 Å². The van der Waals surface area contributed by atoms with Crippen molar-refractivity contribution in [1.82, 2.24) is 4.90 Å². The fourth-order valence-corrected chi connectivity index (χ4v) is 3.20. The lowest BCUT2D eigenvalue weighted by Gasteiger charge is -2.19. The molecule has 5 heteroatoms. The van der Waals surface area contributed by atoms with Crippen molar-refractivity contribution in [2.45, 2.75) is 19.4 Å². The molecule has 0 aliphatic heterocycles. The van der Waals surface area contributed by atoms with Crippen molar-refractivity contribution in [3.8, 4) is 0 Å². The highest BCUT2D eigenvalue weighted by Crippen LogP contribution is 2.31. The highest BCUT2D eigenvalue weighted by atomic mass is 79.9. The van der Waals surface area contributed by atoms with Gasteiger partial charge in [-0.05, 0) is 46.1 Å². The zero-order valence-corrected chi connectivity index (χ0v) is 11.3. The summed E-state index contributed by atoms with van der Waals surface area (Å²) in [5.41, 5.74) is 0. The first-order valence-electron chi connectivity index (χ1n) is 5.31. The maximum Gasteiger partial charge on any atom is 0.317 e. The average Bonchev–Trinajstić information content (AvgIpc) is 2.91. The van der Waals surface area contributed by atoms with Crippen molar-refractivity contribution in [1.29, 1.82) is 0 Å². The van der Waals surface area contributed by atoms with Crippen LogP contribution in [0.1, 0.15) is 17.7 Å². The third-order valence-corrected chi connectivity index (χ3v) is 4.54.